The fourth-order valence-corrected chi connectivity index (χ4v) is 2.30. The molecule has 0 unspecified atom stereocenters. The van der Waals surface area contributed by atoms with Crippen LogP contribution in [0.2, 0.25) is 0 Å². The highest BCUT2D eigenvalue weighted by atomic mass is 79.9. The molecule has 2 N–H and O–H groups in total. The van der Waals surface area contributed by atoms with E-state index >= 15 is 0 Å². The molecule has 0 spiro atoms. The monoisotopic (exact) mass is 340 g/mol. The molecule has 20 heavy (non-hydrogen) atoms. The molecule has 0 fully saturated rings. The Bertz CT molecular complexity index is 519. The van der Waals surface area contributed by atoms with Gasteiger partial charge in [-0.05, 0) is 25.1 Å². The van der Waals surface area contributed by atoms with Gasteiger partial charge in [0.2, 0.25) is 0 Å². The molecule has 1 heterocycles. The van der Waals surface area contributed by atoms with Crippen LogP contribution in [0.4, 0.5) is 0 Å². The summed E-state index contributed by atoms with van der Waals surface area (Å²) >= 11 is 3.41. The number of benzene rings is 1. The number of hydrogen-bond donors (Lipinski definition) is 2. The molecule has 1 amide bonds. The number of hydrogen-bond acceptors (Lipinski definition) is 4. The Morgan fingerprint density at radius 1 is 1.60 bits per heavy atom. The zero-order valence-electron chi connectivity index (χ0n) is 11.4. The predicted octanol–water partition coefficient (Wildman–Crippen LogP) is 1.84. The van der Waals surface area contributed by atoms with Crippen molar-refractivity contribution in [2.75, 3.05) is 13.7 Å². The van der Waals surface area contributed by atoms with Crippen LogP contribution in [0.5, 0.6) is 0 Å². The van der Waals surface area contributed by atoms with Gasteiger partial charge in [-0.1, -0.05) is 28.1 Å². The summed E-state index contributed by atoms with van der Waals surface area (Å²) in [5.74, 6) is -0.188. The van der Waals surface area contributed by atoms with E-state index in [-0.39, 0.29) is 11.9 Å². The second-order valence-corrected chi connectivity index (χ2v) is 5.51. The van der Waals surface area contributed by atoms with E-state index in [1.54, 1.807) is 13.2 Å². The second kappa shape index (κ2) is 6.88. The maximum absolute atomic E-state index is 12.0. The lowest BCUT2D eigenvalue weighted by molar-refractivity contribution is -0.132. The molecule has 0 radical (unpaired) electrons. The average Bonchev–Trinajstić information content (AvgIpc) is 2.88. The van der Waals surface area contributed by atoms with Crippen molar-refractivity contribution in [2.24, 2.45) is 0 Å². The summed E-state index contributed by atoms with van der Waals surface area (Å²) in [6.45, 7) is 2.34. The fraction of sp³-hybridized carbons (Fsp3) is 0.357. The highest BCUT2D eigenvalue weighted by molar-refractivity contribution is 9.10. The molecule has 0 bridgehead atoms. The topological polar surface area (TPSA) is 59.6 Å². The van der Waals surface area contributed by atoms with Gasteiger partial charge in [0.05, 0.1) is 12.3 Å². The molecule has 0 saturated heterocycles. The standard InChI is InChI=1S/C14H17BrN2O3/c1-9(8-19-2)16-14(18)13-7-12(17-20-13)10-4-3-5-11(15)6-10/h3-7,9,13,17H,8H2,1-2H3,(H,16,18)/t9-,13+/m0/s1. The van der Waals surface area contributed by atoms with Crippen molar-refractivity contribution in [3.8, 4) is 0 Å². The normalized spacial score (nSPS) is 19.1. The molecule has 0 aromatic heterocycles. The number of carbonyl (C=O) groups excluding carboxylic acids is 1. The van der Waals surface area contributed by atoms with Crippen LogP contribution in [0.15, 0.2) is 34.8 Å². The molecular weight excluding hydrogens is 324 g/mol. The van der Waals surface area contributed by atoms with E-state index < -0.39 is 6.10 Å². The predicted molar refractivity (Wildman–Crippen MR) is 79.6 cm³/mol. The Morgan fingerprint density at radius 3 is 3.10 bits per heavy atom. The van der Waals surface area contributed by atoms with E-state index in [1.165, 1.54) is 0 Å². The summed E-state index contributed by atoms with van der Waals surface area (Å²) in [6.07, 6.45) is 1.12. The third kappa shape index (κ3) is 3.82. The van der Waals surface area contributed by atoms with Gasteiger partial charge in [-0.15, -0.1) is 0 Å². The largest absolute Gasteiger partial charge is 0.383 e. The molecule has 6 heteroatoms. The third-order valence-corrected chi connectivity index (χ3v) is 3.31. The Hall–Kier alpha value is -1.37. The summed E-state index contributed by atoms with van der Waals surface area (Å²) in [4.78, 5) is 17.3. The van der Waals surface area contributed by atoms with Gasteiger partial charge in [-0.25, -0.2) is 0 Å². The van der Waals surface area contributed by atoms with E-state index in [2.05, 4.69) is 26.7 Å². The van der Waals surface area contributed by atoms with Crippen molar-refractivity contribution in [1.82, 2.24) is 10.8 Å². The van der Waals surface area contributed by atoms with Crippen molar-refractivity contribution < 1.29 is 14.4 Å². The number of hydroxylamine groups is 1. The van der Waals surface area contributed by atoms with Crippen molar-refractivity contribution in [3.05, 3.63) is 40.4 Å². The summed E-state index contributed by atoms with van der Waals surface area (Å²) in [5, 5.41) is 2.82. The molecule has 1 aliphatic rings. The van der Waals surface area contributed by atoms with E-state index in [1.807, 2.05) is 31.2 Å². The Kier molecular flexibility index (Phi) is 5.17. The van der Waals surface area contributed by atoms with Crippen LogP contribution in [0.25, 0.3) is 5.70 Å². The first-order valence-electron chi connectivity index (χ1n) is 6.29. The first-order chi connectivity index (χ1) is 9.60. The number of nitrogens with one attached hydrogen (secondary N) is 2. The van der Waals surface area contributed by atoms with E-state index in [9.17, 15) is 4.79 Å². The molecule has 108 valence electrons. The van der Waals surface area contributed by atoms with Gasteiger partial charge >= 0.3 is 0 Å². The van der Waals surface area contributed by atoms with Gasteiger partial charge in [-0.3, -0.25) is 15.1 Å². The van der Waals surface area contributed by atoms with E-state index in [4.69, 9.17) is 9.57 Å². The minimum atomic E-state index is -0.636. The van der Waals surface area contributed by atoms with Crippen LogP contribution in [-0.2, 0) is 14.4 Å². The SMILES string of the molecule is COC[C@H](C)NC(=O)[C@H]1C=C(c2cccc(Br)c2)NO1. The maximum Gasteiger partial charge on any atom is 0.256 e. The molecular formula is C14H17BrN2O3. The van der Waals surface area contributed by atoms with Crippen molar-refractivity contribution in [2.45, 2.75) is 19.1 Å². The first kappa shape index (κ1) is 15.0. The van der Waals surface area contributed by atoms with Gasteiger partial charge in [0, 0.05) is 23.2 Å². The number of methoxy groups -OCH3 is 1. The number of carbonyl (C=O) groups is 1. The average molecular weight is 341 g/mol. The van der Waals surface area contributed by atoms with Gasteiger partial charge in [0.25, 0.3) is 5.91 Å². The Labute approximate surface area is 126 Å². The lowest BCUT2D eigenvalue weighted by atomic mass is 10.1. The van der Waals surface area contributed by atoms with Crippen LogP contribution in [0.1, 0.15) is 12.5 Å². The highest BCUT2D eigenvalue weighted by Crippen LogP contribution is 2.21. The number of amides is 1. The van der Waals surface area contributed by atoms with Gasteiger partial charge < -0.3 is 10.1 Å². The van der Waals surface area contributed by atoms with Crippen molar-refractivity contribution in [3.63, 3.8) is 0 Å². The molecule has 1 aromatic carbocycles. The lowest BCUT2D eigenvalue weighted by Crippen LogP contribution is -2.42. The van der Waals surface area contributed by atoms with Crippen LogP contribution in [0.3, 0.4) is 0 Å². The molecule has 2 rings (SSSR count). The highest BCUT2D eigenvalue weighted by Gasteiger charge is 2.25. The first-order valence-corrected chi connectivity index (χ1v) is 7.08. The summed E-state index contributed by atoms with van der Waals surface area (Å²) in [6, 6.07) is 7.71. The van der Waals surface area contributed by atoms with Crippen LogP contribution in [-0.4, -0.2) is 31.8 Å². The van der Waals surface area contributed by atoms with Crippen LogP contribution in [0, 0.1) is 0 Å². The minimum absolute atomic E-state index is 0.0561. The number of halogens is 1. The maximum atomic E-state index is 12.0. The second-order valence-electron chi connectivity index (χ2n) is 4.60. The quantitative estimate of drug-likeness (QED) is 0.858. The summed E-state index contributed by atoms with van der Waals surface area (Å²) in [5.41, 5.74) is 4.53. The fourth-order valence-electron chi connectivity index (χ4n) is 1.90. The molecule has 0 saturated carbocycles. The summed E-state index contributed by atoms with van der Waals surface area (Å²) in [7, 11) is 1.60. The van der Waals surface area contributed by atoms with Crippen LogP contribution >= 0.6 is 15.9 Å². The molecule has 2 atom stereocenters. The summed E-state index contributed by atoms with van der Waals surface area (Å²) < 4.78 is 5.95. The van der Waals surface area contributed by atoms with Gasteiger partial charge in [0.1, 0.15) is 0 Å². The van der Waals surface area contributed by atoms with Crippen molar-refractivity contribution >= 4 is 27.5 Å². The molecule has 0 aliphatic carbocycles. The molecule has 5 nitrogen and oxygen atoms in total. The molecule has 1 aromatic rings. The molecule has 1 aliphatic heterocycles. The lowest BCUT2D eigenvalue weighted by Gasteiger charge is -2.14. The van der Waals surface area contributed by atoms with Crippen molar-refractivity contribution in [1.29, 1.82) is 0 Å². The Morgan fingerprint density at radius 2 is 2.40 bits per heavy atom. The zero-order chi connectivity index (χ0) is 14.5. The third-order valence-electron chi connectivity index (χ3n) is 2.81. The van der Waals surface area contributed by atoms with E-state index in [0.717, 1.165) is 15.7 Å². The number of rotatable bonds is 5. The van der Waals surface area contributed by atoms with Crippen LogP contribution < -0.4 is 10.8 Å². The van der Waals surface area contributed by atoms with Gasteiger partial charge in [0.15, 0.2) is 6.10 Å². The van der Waals surface area contributed by atoms with Gasteiger partial charge in [-0.2, -0.15) is 0 Å². The Balaban J connectivity index is 2.01. The number of ether oxygens (including phenoxy) is 1. The smallest absolute Gasteiger partial charge is 0.256 e. The van der Waals surface area contributed by atoms with E-state index in [0.29, 0.717) is 6.61 Å². The minimum Gasteiger partial charge on any atom is -0.383 e. The zero-order valence-corrected chi connectivity index (χ0v) is 12.9.